The van der Waals surface area contributed by atoms with Crippen molar-refractivity contribution in [3.05, 3.63) is 0 Å². The third kappa shape index (κ3) is 4.42. The Morgan fingerprint density at radius 1 is 1.42 bits per heavy atom. The van der Waals surface area contributed by atoms with Gasteiger partial charge < -0.3 is 24.8 Å². The van der Waals surface area contributed by atoms with Crippen LogP contribution in [0.1, 0.15) is 19.8 Å². The Morgan fingerprint density at radius 2 is 2.16 bits per heavy atom. The van der Waals surface area contributed by atoms with E-state index in [1.165, 1.54) is 0 Å². The van der Waals surface area contributed by atoms with Gasteiger partial charge in [-0.25, -0.2) is 0 Å². The lowest BCUT2D eigenvalue weighted by atomic mass is 10.1. The third-order valence-electron chi connectivity index (χ3n) is 3.61. The Hall–Kier alpha value is -0.690. The summed E-state index contributed by atoms with van der Waals surface area (Å²) in [5, 5.41) is 12.4. The second kappa shape index (κ2) is 7.19. The maximum atomic E-state index is 12.1. The molecule has 0 bridgehead atoms. The molecule has 2 fully saturated rings. The molecule has 2 aliphatic rings. The van der Waals surface area contributed by atoms with Crippen molar-refractivity contribution < 1.29 is 19.4 Å². The van der Waals surface area contributed by atoms with Crippen LogP contribution in [0.3, 0.4) is 0 Å². The van der Waals surface area contributed by atoms with Crippen molar-refractivity contribution in [2.45, 2.75) is 38.1 Å². The van der Waals surface area contributed by atoms with Crippen molar-refractivity contribution in [3.63, 3.8) is 0 Å². The van der Waals surface area contributed by atoms with Crippen LogP contribution in [0.15, 0.2) is 0 Å². The zero-order valence-corrected chi connectivity index (χ0v) is 11.5. The van der Waals surface area contributed by atoms with Gasteiger partial charge in [0.1, 0.15) is 6.61 Å². The summed E-state index contributed by atoms with van der Waals surface area (Å²) in [6.45, 7) is 4.94. The normalized spacial score (nSPS) is 29.5. The van der Waals surface area contributed by atoms with Gasteiger partial charge in [0, 0.05) is 13.1 Å². The molecule has 1 amide bonds. The largest absolute Gasteiger partial charge is 0.394 e. The number of amides is 1. The monoisotopic (exact) mass is 272 g/mol. The Balaban J connectivity index is 1.75. The number of hydrogen-bond donors (Lipinski definition) is 2. The molecule has 2 unspecified atom stereocenters. The lowest BCUT2D eigenvalue weighted by Gasteiger charge is -2.36. The highest BCUT2D eigenvalue weighted by Crippen LogP contribution is 2.12. The minimum atomic E-state index is -0.272. The van der Waals surface area contributed by atoms with Crippen LogP contribution in [0, 0.1) is 0 Å². The Labute approximate surface area is 114 Å². The molecular weight excluding hydrogens is 248 g/mol. The summed E-state index contributed by atoms with van der Waals surface area (Å²) in [6, 6.07) is 0. The van der Waals surface area contributed by atoms with Crippen molar-refractivity contribution in [2.24, 2.45) is 0 Å². The van der Waals surface area contributed by atoms with E-state index >= 15 is 0 Å². The molecule has 2 aliphatic heterocycles. The maximum absolute atomic E-state index is 12.1. The zero-order chi connectivity index (χ0) is 13.7. The van der Waals surface area contributed by atoms with Crippen molar-refractivity contribution in [1.82, 2.24) is 10.2 Å². The maximum Gasteiger partial charge on any atom is 0.248 e. The second-order valence-corrected chi connectivity index (χ2v) is 5.31. The summed E-state index contributed by atoms with van der Waals surface area (Å²) in [7, 11) is 0. The van der Waals surface area contributed by atoms with E-state index in [1.807, 2.05) is 6.92 Å². The van der Waals surface area contributed by atoms with Gasteiger partial charge >= 0.3 is 0 Å². The van der Waals surface area contributed by atoms with Gasteiger partial charge in [0.15, 0.2) is 0 Å². The molecule has 0 aromatic carbocycles. The van der Waals surface area contributed by atoms with Gasteiger partial charge in [0.05, 0.1) is 24.9 Å². The number of carbonyl (C=O) groups excluding carboxylic acids is 1. The fraction of sp³-hybridized carbons (Fsp3) is 0.923. The van der Waals surface area contributed by atoms with E-state index in [-0.39, 0.29) is 37.4 Å². The molecule has 6 heteroatoms. The van der Waals surface area contributed by atoms with Crippen LogP contribution in [0.5, 0.6) is 0 Å². The quantitative estimate of drug-likeness (QED) is 0.712. The first-order valence-electron chi connectivity index (χ1n) is 7.05. The first-order valence-corrected chi connectivity index (χ1v) is 7.05. The molecule has 0 aromatic rings. The number of piperidine rings is 1. The van der Waals surface area contributed by atoms with Gasteiger partial charge in [0.25, 0.3) is 0 Å². The molecular formula is C13H24N2O4. The first-order chi connectivity index (χ1) is 9.19. The predicted molar refractivity (Wildman–Crippen MR) is 69.8 cm³/mol. The van der Waals surface area contributed by atoms with Crippen molar-refractivity contribution in [3.8, 4) is 0 Å². The highest BCUT2D eigenvalue weighted by Gasteiger charge is 2.28. The standard InChI is InChI=1S/C13H24N2O4/c1-10-6-15(7-12(8-16)19-10)13(17)9-18-11-2-4-14-5-3-11/h10-12,14,16H,2-9H2,1H3. The molecule has 2 rings (SSSR count). The molecule has 2 heterocycles. The highest BCUT2D eigenvalue weighted by molar-refractivity contribution is 5.77. The van der Waals surface area contributed by atoms with E-state index < -0.39 is 0 Å². The molecule has 2 saturated heterocycles. The van der Waals surface area contributed by atoms with Gasteiger partial charge in [-0.1, -0.05) is 0 Å². The van der Waals surface area contributed by atoms with Crippen LogP contribution in [-0.4, -0.2) is 73.6 Å². The van der Waals surface area contributed by atoms with Crippen molar-refractivity contribution >= 4 is 5.91 Å². The Bertz CT molecular complexity index is 294. The minimum Gasteiger partial charge on any atom is -0.394 e. The topological polar surface area (TPSA) is 71.0 Å². The fourth-order valence-electron chi connectivity index (χ4n) is 2.59. The number of nitrogens with zero attached hydrogens (tertiary/aromatic N) is 1. The molecule has 0 spiro atoms. The second-order valence-electron chi connectivity index (χ2n) is 5.31. The lowest BCUT2D eigenvalue weighted by molar-refractivity contribution is -0.153. The van der Waals surface area contributed by atoms with Gasteiger partial charge in [-0.05, 0) is 32.9 Å². The SMILES string of the molecule is CC1CN(C(=O)COC2CCNCC2)CC(CO)O1. The number of nitrogens with one attached hydrogen (secondary N) is 1. The Morgan fingerprint density at radius 3 is 2.84 bits per heavy atom. The summed E-state index contributed by atoms with van der Waals surface area (Å²) in [5.74, 6) is -0.00728. The number of hydrogen-bond acceptors (Lipinski definition) is 5. The summed E-state index contributed by atoms with van der Waals surface area (Å²) < 4.78 is 11.2. The van der Waals surface area contributed by atoms with Gasteiger partial charge in [-0.3, -0.25) is 4.79 Å². The molecule has 110 valence electrons. The number of aliphatic hydroxyl groups excluding tert-OH is 1. The molecule has 0 saturated carbocycles. The fourth-order valence-corrected chi connectivity index (χ4v) is 2.59. The smallest absolute Gasteiger partial charge is 0.248 e. The molecule has 2 atom stereocenters. The van der Waals surface area contributed by atoms with Gasteiger partial charge in [0.2, 0.25) is 5.91 Å². The van der Waals surface area contributed by atoms with Crippen LogP contribution >= 0.6 is 0 Å². The summed E-state index contributed by atoms with van der Waals surface area (Å²) in [6.07, 6.45) is 1.82. The number of rotatable bonds is 4. The first kappa shape index (κ1) is 14.7. The third-order valence-corrected chi connectivity index (χ3v) is 3.61. The van der Waals surface area contributed by atoms with Gasteiger partial charge in [-0.15, -0.1) is 0 Å². The Kier molecular flexibility index (Phi) is 5.57. The van der Waals surface area contributed by atoms with E-state index in [2.05, 4.69) is 5.32 Å². The number of ether oxygens (including phenoxy) is 2. The number of carbonyl (C=O) groups is 1. The number of aliphatic hydroxyl groups is 1. The van der Waals surface area contributed by atoms with Crippen molar-refractivity contribution in [1.29, 1.82) is 0 Å². The van der Waals surface area contributed by atoms with E-state index in [0.717, 1.165) is 25.9 Å². The van der Waals surface area contributed by atoms with E-state index in [4.69, 9.17) is 14.6 Å². The molecule has 2 N–H and O–H groups in total. The average molecular weight is 272 g/mol. The zero-order valence-electron chi connectivity index (χ0n) is 11.5. The van der Waals surface area contributed by atoms with Crippen LogP contribution in [0.2, 0.25) is 0 Å². The van der Waals surface area contributed by atoms with E-state index in [1.54, 1.807) is 4.90 Å². The molecule has 0 radical (unpaired) electrons. The predicted octanol–water partition coefficient (Wildman–Crippen LogP) is -0.637. The average Bonchev–Trinajstić information content (AvgIpc) is 2.45. The van der Waals surface area contributed by atoms with Crippen LogP contribution in [-0.2, 0) is 14.3 Å². The summed E-state index contributed by atoms with van der Waals surface area (Å²) >= 11 is 0. The molecule has 0 aromatic heterocycles. The summed E-state index contributed by atoms with van der Waals surface area (Å²) in [5.41, 5.74) is 0. The molecule has 19 heavy (non-hydrogen) atoms. The summed E-state index contributed by atoms with van der Waals surface area (Å²) in [4.78, 5) is 13.8. The molecule has 6 nitrogen and oxygen atoms in total. The van der Waals surface area contributed by atoms with Crippen LogP contribution in [0.25, 0.3) is 0 Å². The number of morpholine rings is 1. The highest BCUT2D eigenvalue weighted by atomic mass is 16.5. The van der Waals surface area contributed by atoms with Crippen molar-refractivity contribution in [2.75, 3.05) is 39.4 Å². The van der Waals surface area contributed by atoms with Crippen LogP contribution in [0.4, 0.5) is 0 Å². The van der Waals surface area contributed by atoms with Crippen LogP contribution < -0.4 is 5.32 Å². The van der Waals surface area contributed by atoms with Gasteiger partial charge in [-0.2, -0.15) is 0 Å². The van der Waals surface area contributed by atoms with E-state index in [9.17, 15) is 4.79 Å². The lowest BCUT2D eigenvalue weighted by Crippen LogP contribution is -2.51. The van der Waals surface area contributed by atoms with E-state index in [0.29, 0.717) is 13.1 Å². The minimum absolute atomic E-state index is 0.00728. The molecule has 0 aliphatic carbocycles.